The molecular formula is C11H17N3O. The number of hydrogen-bond donors (Lipinski definition) is 0. The summed E-state index contributed by atoms with van der Waals surface area (Å²) in [4.78, 5) is 18.1. The maximum Gasteiger partial charge on any atom is 0.293 e. The molecule has 82 valence electrons. The van der Waals surface area contributed by atoms with Crippen LogP contribution in [0.1, 0.15) is 19.8 Å². The zero-order valence-corrected chi connectivity index (χ0v) is 9.31. The van der Waals surface area contributed by atoms with E-state index in [9.17, 15) is 4.79 Å². The minimum absolute atomic E-state index is 0.00611. The second-order valence-electron chi connectivity index (χ2n) is 4.36. The number of aromatic nitrogens is 2. The molecule has 0 amide bonds. The molecule has 1 aliphatic rings. The topological polar surface area (TPSA) is 38.1 Å². The number of hydrogen-bond acceptors (Lipinski definition) is 3. The van der Waals surface area contributed by atoms with Crippen LogP contribution in [-0.4, -0.2) is 22.6 Å². The third-order valence-corrected chi connectivity index (χ3v) is 2.96. The Labute approximate surface area is 89.6 Å². The predicted octanol–water partition coefficient (Wildman–Crippen LogP) is 1.02. The van der Waals surface area contributed by atoms with Crippen LogP contribution in [0.3, 0.4) is 0 Å². The van der Waals surface area contributed by atoms with Crippen LogP contribution in [0, 0.1) is 5.92 Å². The molecule has 1 fully saturated rings. The van der Waals surface area contributed by atoms with Crippen molar-refractivity contribution < 1.29 is 0 Å². The number of rotatable bonds is 1. The van der Waals surface area contributed by atoms with E-state index in [1.165, 1.54) is 6.42 Å². The Balaban J connectivity index is 2.29. The molecule has 1 atom stereocenters. The Morgan fingerprint density at radius 2 is 2.33 bits per heavy atom. The maximum absolute atomic E-state index is 11.8. The number of piperidine rings is 1. The van der Waals surface area contributed by atoms with Gasteiger partial charge >= 0.3 is 0 Å². The van der Waals surface area contributed by atoms with Gasteiger partial charge in [0.1, 0.15) is 0 Å². The zero-order valence-electron chi connectivity index (χ0n) is 9.31. The van der Waals surface area contributed by atoms with Crippen molar-refractivity contribution in [3.8, 4) is 0 Å². The lowest BCUT2D eigenvalue weighted by atomic mass is 10.0. The average molecular weight is 207 g/mol. The van der Waals surface area contributed by atoms with E-state index >= 15 is 0 Å². The van der Waals surface area contributed by atoms with E-state index in [1.54, 1.807) is 24.0 Å². The van der Waals surface area contributed by atoms with Crippen molar-refractivity contribution in [3.05, 3.63) is 22.7 Å². The Hall–Kier alpha value is -1.32. The SMILES string of the molecule is CC1CCCN(c2nccn(C)c2=O)C1. The molecule has 4 nitrogen and oxygen atoms in total. The normalized spacial score (nSPS) is 21.7. The molecule has 1 unspecified atom stereocenters. The maximum atomic E-state index is 11.8. The van der Waals surface area contributed by atoms with Crippen LogP contribution in [0.4, 0.5) is 5.82 Å². The molecule has 0 spiro atoms. The third-order valence-electron chi connectivity index (χ3n) is 2.96. The van der Waals surface area contributed by atoms with Crippen molar-refractivity contribution in [2.75, 3.05) is 18.0 Å². The molecule has 0 aromatic carbocycles. The van der Waals surface area contributed by atoms with E-state index in [4.69, 9.17) is 0 Å². The van der Waals surface area contributed by atoms with Crippen LogP contribution in [-0.2, 0) is 7.05 Å². The van der Waals surface area contributed by atoms with E-state index in [-0.39, 0.29) is 5.56 Å². The third kappa shape index (κ3) is 2.03. The van der Waals surface area contributed by atoms with Gasteiger partial charge in [0.25, 0.3) is 5.56 Å². The quantitative estimate of drug-likeness (QED) is 0.690. The minimum Gasteiger partial charge on any atom is -0.352 e. The smallest absolute Gasteiger partial charge is 0.293 e. The van der Waals surface area contributed by atoms with Gasteiger partial charge in [-0.2, -0.15) is 0 Å². The molecule has 1 aliphatic heterocycles. The Morgan fingerprint density at radius 1 is 1.53 bits per heavy atom. The van der Waals surface area contributed by atoms with Crippen LogP contribution in [0.25, 0.3) is 0 Å². The van der Waals surface area contributed by atoms with Gasteiger partial charge in [0, 0.05) is 32.5 Å². The molecule has 0 saturated carbocycles. The molecular weight excluding hydrogens is 190 g/mol. The second kappa shape index (κ2) is 4.04. The van der Waals surface area contributed by atoms with Crippen LogP contribution in [0.5, 0.6) is 0 Å². The summed E-state index contributed by atoms with van der Waals surface area (Å²) in [7, 11) is 1.76. The summed E-state index contributed by atoms with van der Waals surface area (Å²) in [6, 6.07) is 0. The summed E-state index contributed by atoms with van der Waals surface area (Å²) in [6.07, 6.45) is 5.79. The highest BCUT2D eigenvalue weighted by atomic mass is 16.1. The molecule has 1 aromatic rings. The lowest BCUT2D eigenvalue weighted by Gasteiger charge is -2.31. The molecule has 0 bridgehead atoms. The standard InChI is InChI=1S/C11H17N3O/c1-9-4-3-6-14(8-9)10-11(15)13(2)7-5-12-10/h5,7,9H,3-4,6,8H2,1-2H3. The first-order valence-electron chi connectivity index (χ1n) is 5.45. The van der Waals surface area contributed by atoms with Crippen molar-refractivity contribution in [2.45, 2.75) is 19.8 Å². The van der Waals surface area contributed by atoms with Crippen molar-refractivity contribution in [1.82, 2.24) is 9.55 Å². The lowest BCUT2D eigenvalue weighted by Crippen LogP contribution is -2.39. The highest BCUT2D eigenvalue weighted by molar-refractivity contribution is 5.36. The molecule has 15 heavy (non-hydrogen) atoms. The monoisotopic (exact) mass is 207 g/mol. The molecule has 0 radical (unpaired) electrons. The van der Waals surface area contributed by atoms with Crippen molar-refractivity contribution in [3.63, 3.8) is 0 Å². The molecule has 1 aromatic heterocycles. The van der Waals surface area contributed by atoms with Gasteiger partial charge in [0.15, 0.2) is 5.82 Å². The van der Waals surface area contributed by atoms with Gasteiger partial charge in [0.2, 0.25) is 0 Å². The molecule has 4 heteroatoms. The average Bonchev–Trinajstić information content (AvgIpc) is 2.22. The first-order chi connectivity index (χ1) is 7.18. The van der Waals surface area contributed by atoms with Gasteiger partial charge in [-0.15, -0.1) is 0 Å². The Kier molecular flexibility index (Phi) is 2.75. The number of aryl methyl sites for hydroxylation is 1. The van der Waals surface area contributed by atoms with Gasteiger partial charge in [0.05, 0.1) is 0 Å². The van der Waals surface area contributed by atoms with Crippen molar-refractivity contribution in [2.24, 2.45) is 13.0 Å². The summed E-state index contributed by atoms with van der Waals surface area (Å²) in [5.74, 6) is 1.26. The summed E-state index contributed by atoms with van der Waals surface area (Å²) in [6.45, 7) is 4.13. The summed E-state index contributed by atoms with van der Waals surface area (Å²) in [5.41, 5.74) is 0.00611. The van der Waals surface area contributed by atoms with Crippen molar-refractivity contribution in [1.29, 1.82) is 0 Å². The van der Waals surface area contributed by atoms with Gasteiger partial charge < -0.3 is 9.47 Å². The summed E-state index contributed by atoms with van der Waals surface area (Å²) >= 11 is 0. The van der Waals surface area contributed by atoms with Gasteiger partial charge in [-0.1, -0.05) is 6.92 Å². The predicted molar refractivity (Wildman–Crippen MR) is 60.1 cm³/mol. The summed E-state index contributed by atoms with van der Waals surface area (Å²) < 4.78 is 1.58. The van der Waals surface area contributed by atoms with Crippen molar-refractivity contribution >= 4 is 5.82 Å². The van der Waals surface area contributed by atoms with Gasteiger partial charge in [-0.3, -0.25) is 4.79 Å². The van der Waals surface area contributed by atoms with E-state index in [0.717, 1.165) is 19.5 Å². The Bertz CT molecular complexity index is 399. The first-order valence-corrected chi connectivity index (χ1v) is 5.45. The highest BCUT2D eigenvalue weighted by Crippen LogP contribution is 2.18. The molecule has 2 heterocycles. The number of anilines is 1. The highest BCUT2D eigenvalue weighted by Gasteiger charge is 2.19. The fourth-order valence-electron chi connectivity index (χ4n) is 2.08. The lowest BCUT2D eigenvalue weighted by molar-refractivity contribution is 0.443. The van der Waals surface area contributed by atoms with E-state index in [1.807, 2.05) is 0 Å². The van der Waals surface area contributed by atoms with E-state index in [2.05, 4.69) is 16.8 Å². The van der Waals surface area contributed by atoms with Gasteiger partial charge in [-0.05, 0) is 18.8 Å². The Morgan fingerprint density at radius 3 is 3.07 bits per heavy atom. The largest absolute Gasteiger partial charge is 0.352 e. The van der Waals surface area contributed by atoms with E-state index in [0.29, 0.717) is 11.7 Å². The fraction of sp³-hybridized carbons (Fsp3) is 0.636. The molecule has 0 N–H and O–H groups in total. The summed E-state index contributed by atoms with van der Waals surface area (Å²) in [5, 5.41) is 0. The first kappa shape index (κ1) is 10.2. The molecule has 1 saturated heterocycles. The van der Waals surface area contributed by atoms with Crippen LogP contribution in [0.2, 0.25) is 0 Å². The molecule has 0 aliphatic carbocycles. The van der Waals surface area contributed by atoms with Crippen LogP contribution < -0.4 is 10.5 Å². The second-order valence-corrected chi connectivity index (χ2v) is 4.36. The minimum atomic E-state index is 0.00611. The molecule has 2 rings (SSSR count). The fourth-order valence-corrected chi connectivity index (χ4v) is 2.08. The zero-order chi connectivity index (χ0) is 10.8. The van der Waals surface area contributed by atoms with Crippen LogP contribution >= 0.6 is 0 Å². The van der Waals surface area contributed by atoms with E-state index < -0.39 is 0 Å². The van der Waals surface area contributed by atoms with Crippen LogP contribution in [0.15, 0.2) is 17.2 Å². The number of nitrogens with zero attached hydrogens (tertiary/aromatic N) is 3. The van der Waals surface area contributed by atoms with Gasteiger partial charge in [-0.25, -0.2) is 4.98 Å².